The molecule has 2 aromatic rings. The van der Waals surface area contributed by atoms with E-state index >= 15 is 0 Å². The molecule has 0 bridgehead atoms. The largest absolute Gasteiger partial charge is 0.467 e. The van der Waals surface area contributed by atoms with Gasteiger partial charge in [0.05, 0.1) is 36.5 Å². The lowest BCUT2D eigenvalue weighted by Gasteiger charge is -2.26. The Balaban J connectivity index is 1.63. The number of rotatable bonds is 6. The molecule has 9 heteroatoms. The molecule has 0 atom stereocenters. The van der Waals surface area contributed by atoms with Gasteiger partial charge in [0.2, 0.25) is 10.0 Å². The van der Waals surface area contributed by atoms with Crippen molar-refractivity contribution in [3.05, 3.63) is 53.7 Å². The van der Waals surface area contributed by atoms with Gasteiger partial charge in [-0.3, -0.25) is 4.79 Å². The van der Waals surface area contributed by atoms with Crippen molar-refractivity contribution < 1.29 is 26.8 Å². The van der Waals surface area contributed by atoms with E-state index in [4.69, 9.17) is 9.15 Å². The maximum absolute atomic E-state index is 14.5. The van der Waals surface area contributed by atoms with Crippen LogP contribution in [0.15, 0.2) is 45.9 Å². The van der Waals surface area contributed by atoms with E-state index in [9.17, 15) is 17.6 Å². The molecule has 0 radical (unpaired) electrons. The topological polar surface area (TPSA) is 80.1 Å². The predicted molar refractivity (Wildman–Crippen MR) is 97.6 cm³/mol. The van der Waals surface area contributed by atoms with Gasteiger partial charge in [-0.25, -0.2) is 12.8 Å². The van der Waals surface area contributed by atoms with Crippen LogP contribution >= 0.6 is 0 Å². The van der Waals surface area contributed by atoms with Crippen molar-refractivity contribution in [3.8, 4) is 0 Å². The Kier molecular flexibility index (Phi) is 5.22. The first kappa shape index (κ1) is 19.1. The summed E-state index contributed by atoms with van der Waals surface area (Å²) in [5.41, 5.74) is -0.243. The van der Waals surface area contributed by atoms with E-state index in [1.54, 1.807) is 17.0 Å². The van der Waals surface area contributed by atoms with E-state index < -0.39 is 21.7 Å². The second kappa shape index (κ2) is 7.65. The number of halogens is 1. The Morgan fingerprint density at radius 1 is 1.21 bits per heavy atom. The second-order valence-corrected chi connectivity index (χ2v) is 8.84. The van der Waals surface area contributed by atoms with Gasteiger partial charge >= 0.3 is 0 Å². The molecule has 28 heavy (non-hydrogen) atoms. The van der Waals surface area contributed by atoms with Crippen LogP contribution in [0.5, 0.6) is 0 Å². The fraction of sp³-hybridized carbons (Fsp3) is 0.421. The molecular weight excluding hydrogens is 387 g/mol. The van der Waals surface area contributed by atoms with Crippen LogP contribution in [0, 0.1) is 5.82 Å². The normalized spacial score (nSPS) is 18.2. The Hall–Kier alpha value is -2.23. The van der Waals surface area contributed by atoms with Gasteiger partial charge in [-0.1, -0.05) is 0 Å². The molecule has 2 heterocycles. The first-order chi connectivity index (χ1) is 13.5. The number of amides is 1. The number of furan rings is 1. The molecular formula is C19H21FN2O5S. The highest BCUT2D eigenvalue weighted by Crippen LogP contribution is 2.31. The smallest absolute Gasteiger partial charge is 0.257 e. The second-order valence-electron chi connectivity index (χ2n) is 6.90. The quantitative estimate of drug-likeness (QED) is 0.732. The minimum absolute atomic E-state index is 0.0107. The van der Waals surface area contributed by atoms with E-state index in [-0.39, 0.29) is 36.1 Å². The van der Waals surface area contributed by atoms with Gasteiger partial charge in [-0.05, 0) is 43.2 Å². The van der Waals surface area contributed by atoms with Crippen LogP contribution in [-0.2, 0) is 21.3 Å². The van der Waals surface area contributed by atoms with Gasteiger partial charge in [-0.2, -0.15) is 4.31 Å². The van der Waals surface area contributed by atoms with Gasteiger partial charge < -0.3 is 14.1 Å². The fourth-order valence-electron chi connectivity index (χ4n) is 3.24. The number of morpholine rings is 1. The summed E-state index contributed by atoms with van der Waals surface area (Å²) in [6, 6.07) is 6.86. The third kappa shape index (κ3) is 3.82. The lowest BCUT2D eigenvalue weighted by atomic mass is 10.1. The number of carbonyl (C=O) groups excluding carboxylic acids is 1. The molecule has 1 aliphatic heterocycles. The van der Waals surface area contributed by atoms with E-state index in [0.29, 0.717) is 19.0 Å². The number of hydrogen-bond donors (Lipinski definition) is 0. The molecule has 1 saturated heterocycles. The molecule has 1 aromatic carbocycles. The summed E-state index contributed by atoms with van der Waals surface area (Å²) in [5, 5.41) is 0. The first-order valence-corrected chi connectivity index (χ1v) is 10.6. The summed E-state index contributed by atoms with van der Waals surface area (Å²) >= 11 is 0. The lowest BCUT2D eigenvalue weighted by Crippen LogP contribution is -2.40. The standard InChI is InChI=1S/C19H21FN2O5S/c20-18-6-5-16(28(24,25)21-7-10-26-11-8-21)12-17(18)19(23)22(14-3-4-14)13-15-2-1-9-27-15/h1-2,5-6,9,12,14H,3-4,7-8,10-11,13H2. The SMILES string of the molecule is O=C(c1cc(S(=O)(=O)N2CCOCC2)ccc1F)N(Cc1ccco1)C1CC1. The zero-order valence-corrected chi connectivity index (χ0v) is 16.0. The van der Waals surface area contributed by atoms with Crippen LogP contribution in [0.4, 0.5) is 4.39 Å². The highest BCUT2D eigenvalue weighted by molar-refractivity contribution is 7.89. The molecule has 0 N–H and O–H groups in total. The molecule has 1 amide bonds. The van der Waals surface area contributed by atoms with E-state index in [1.807, 2.05) is 0 Å². The Labute approximate surface area is 162 Å². The molecule has 2 aliphatic rings. The molecule has 0 spiro atoms. The van der Waals surface area contributed by atoms with E-state index in [0.717, 1.165) is 25.0 Å². The van der Waals surface area contributed by atoms with Gasteiger partial charge in [0.15, 0.2) is 0 Å². The van der Waals surface area contributed by atoms with Gasteiger partial charge in [0, 0.05) is 19.1 Å². The summed E-state index contributed by atoms with van der Waals surface area (Å²) in [4.78, 5) is 14.5. The summed E-state index contributed by atoms with van der Waals surface area (Å²) in [6.07, 6.45) is 3.18. The predicted octanol–water partition coefficient (Wildman–Crippen LogP) is 2.24. The minimum Gasteiger partial charge on any atom is -0.467 e. The average Bonchev–Trinajstić information content (AvgIpc) is 3.42. The van der Waals surface area contributed by atoms with Crippen molar-refractivity contribution in [2.45, 2.75) is 30.3 Å². The Morgan fingerprint density at radius 2 is 1.96 bits per heavy atom. The molecule has 1 saturated carbocycles. The highest BCUT2D eigenvalue weighted by atomic mass is 32.2. The van der Waals surface area contributed by atoms with Crippen LogP contribution in [0.3, 0.4) is 0 Å². The number of benzene rings is 1. The number of nitrogens with zero attached hydrogens (tertiary/aromatic N) is 2. The Morgan fingerprint density at radius 3 is 2.61 bits per heavy atom. The number of hydrogen-bond acceptors (Lipinski definition) is 5. The van der Waals surface area contributed by atoms with Gasteiger partial charge in [0.1, 0.15) is 11.6 Å². The average molecular weight is 408 g/mol. The lowest BCUT2D eigenvalue weighted by molar-refractivity contribution is 0.0711. The highest BCUT2D eigenvalue weighted by Gasteiger charge is 2.35. The molecule has 4 rings (SSSR count). The van der Waals surface area contributed by atoms with E-state index in [2.05, 4.69) is 0 Å². The summed E-state index contributed by atoms with van der Waals surface area (Å²) < 4.78 is 52.0. The van der Waals surface area contributed by atoms with Crippen molar-refractivity contribution in [3.63, 3.8) is 0 Å². The van der Waals surface area contributed by atoms with E-state index in [1.165, 1.54) is 16.6 Å². The van der Waals surface area contributed by atoms with Crippen molar-refractivity contribution in [1.29, 1.82) is 0 Å². The van der Waals surface area contributed by atoms with Crippen LogP contribution < -0.4 is 0 Å². The maximum Gasteiger partial charge on any atom is 0.257 e. The minimum atomic E-state index is -3.82. The van der Waals surface area contributed by atoms with Crippen LogP contribution in [0.1, 0.15) is 29.0 Å². The zero-order valence-electron chi connectivity index (χ0n) is 15.2. The summed E-state index contributed by atoms with van der Waals surface area (Å²) in [5.74, 6) is -0.677. The van der Waals surface area contributed by atoms with Crippen LogP contribution in [0.25, 0.3) is 0 Å². The molecule has 150 valence electrons. The maximum atomic E-state index is 14.5. The Bertz CT molecular complexity index is 951. The molecule has 0 unspecified atom stereocenters. The molecule has 7 nitrogen and oxygen atoms in total. The molecule has 1 aromatic heterocycles. The van der Waals surface area contributed by atoms with Crippen molar-refractivity contribution in [1.82, 2.24) is 9.21 Å². The molecule has 1 aliphatic carbocycles. The zero-order chi connectivity index (χ0) is 19.7. The van der Waals surface area contributed by atoms with Gasteiger partial charge in [0.25, 0.3) is 5.91 Å². The van der Waals surface area contributed by atoms with Gasteiger partial charge in [-0.15, -0.1) is 0 Å². The van der Waals surface area contributed by atoms with Crippen molar-refractivity contribution >= 4 is 15.9 Å². The monoisotopic (exact) mass is 408 g/mol. The third-order valence-corrected chi connectivity index (χ3v) is 6.83. The number of carbonyl (C=O) groups is 1. The summed E-state index contributed by atoms with van der Waals surface area (Å²) in [6.45, 7) is 1.30. The first-order valence-electron chi connectivity index (χ1n) is 9.17. The van der Waals surface area contributed by atoms with Crippen molar-refractivity contribution in [2.75, 3.05) is 26.3 Å². The third-order valence-electron chi connectivity index (χ3n) is 4.93. The summed E-state index contributed by atoms with van der Waals surface area (Å²) in [7, 11) is -3.82. The number of sulfonamides is 1. The molecule has 2 fully saturated rings. The van der Waals surface area contributed by atoms with Crippen molar-refractivity contribution in [2.24, 2.45) is 0 Å². The number of ether oxygens (including phenoxy) is 1. The fourth-order valence-corrected chi connectivity index (χ4v) is 4.68. The van der Waals surface area contributed by atoms with Crippen LogP contribution in [-0.4, -0.2) is 55.9 Å². The van der Waals surface area contributed by atoms with Crippen LogP contribution in [0.2, 0.25) is 0 Å².